The van der Waals surface area contributed by atoms with Crippen molar-refractivity contribution in [3.8, 4) is 11.3 Å². The number of fused-ring (bicyclic) bond motifs is 1. The van der Waals surface area contributed by atoms with Gasteiger partial charge in [0.15, 0.2) is 5.89 Å². The Labute approximate surface area is 223 Å². The second kappa shape index (κ2) is 10.5. The molecule has 1 aliphatic heterocycles. The number of oxazole rings is 1. The van der Waals surface area contributed by atoms with Crippen LogP contribution in [0.5, 0.6) is 0 Å². The van der Waals surface area contributed by atoms with Gasteiger partial charge in [-0.2, -0.15) is 17.5 Å². The van der Waals surface area contributed by atoms with E-state index in [9.17, 15) is 21.6 Å². The SMILES string of the molecule is Cc1nc(-c2ccc(S(=O)(=O)N3CCN(CC(C)Nc4ncnc5c(C(F)(F)F)cccc45)CC3)cc2)co1. The van der Waals surface area contributed by atoms with Crippen molar-refractivity contribution in [1.82, 2.24) is 24.2 Å². The number of alkyl halides is 3. The Balaban J connectivity index is 1.20. The number of anilines is 1. The van der Waals surface area contributed by atoms with Crippen LogP contribution in [0.4, 0.5) is 19.0 Å². The average Bonchev–Trinajstić information content (AvgIpc) is 3.34. The maximum Gasteiger partial charge on any atom is 0.418 e. The molecule has 5 rings (SSSR count). The Morgan fingerprint density at radius 3 is 2.41 bits per heavy atom. The van der Waals surface area contributed by atoms with E-state index in [0.29, 0.717) is 55.5 Å². The maximum atomic E-state index is 13.4. The van der Waals surface area contributed by atoms with Gasteiger partial charge in [-0.1, -0.05) is 18.2 Å². The van der Waals surface area contributed by atoms with E-state index in [1.807, 2.05) is 6.92 Å². The van der Waals surface area contributed by atoms with E-state index < -0.39 is 21.8 Å². The van der Waals surface area contributed by atoms with E-state index in [1.165, 1.54) is 16.6 Å². The van der Waals surface area contributed by atoms with Gasteiger partial charge in [0.05, 0.1) is 16.0 Å². The number of hydrogen-bond donors (Lipinski definition) is 1. The van der Waals surface area contributed by atoms with E-state index in [0.717, 1.165) is 18.0 Å². The molecule has 0 spiro atoms. The molecule has 39 heavy (non-hydrogen) atoms. The highest BCUT2D eigenvalue weighted by molar-refractivity contribution is 7.89. The highest BCUT2D eigenvalue weighted by Gasteiger charge is 2.34. The molecule has 1 fully saturated rings. The number of aryl methyl sites for hydroxylation is 1. The van der Waals surface area contributed by atoms with Crippen LogP contribution in [0.2, 0.25) is 0 Å². The molecule has 0 bridgehead atoms. The van der Waals surface area contributed by atoms with Crippen LogP contribution in [-0.4, -0.2) is 71.3 Å². The fourth-order valence-electron chi connectivity index (χ4n) is 4.69. The summed E-state index contributed by atoms with van der Waals surface area (Å²) in [5, 5.41) is 3.49. The number of rotatable bonds is 7. The molecule has 1 atom stereocenters. The monoisotopic (exact) mass is 560 g/mol. The van der Waals surface area contributed by atoms with Crippen LogP contribution >= 0.6 is 0 Å². The van der Waals surface area contributed by atoms with E-state index >= 15 is 0 Å². The van der Waals surface area contributed by atoms with Gasteiger partial charge >= 0.3 is 6.18 Å². The topological polar surface area (TPSA) is 104 Å². The first-order valence-corrected chi connectivity index (χ1v) is 13.8. The number of aromatic nitrogens is 3. The lowest BCUT2D eigenvalue weighted by atomic mass is 10.1. The first-order valence-electron chi connectivity index (χ1n) is 12.3. The molecule has 1 saturated heterocycles. The van der Waals surface area contributed by atoms with Crippen molar-refractivity contribution in [3.05, 3.63) is 66.5 Å². The largest absolute Gasteiger partial charge is 0.449 e. The third-order valence-corrected chi connectivity index (χ3v) is 8.54. The lowest BCUT2D eigenvalue weighted by Crippen LogP contribution is -2.50. The minimum absolute atomic E-state index is 0.155. The van der Waals surface area contributed by atoms with E-state index in [1.54, 1.807) is 37.3 Å². The first kappa shape index (κ1) is 27.0. The third-order valence-electron chi connectivity index (χ3n) is 6.62. The minimum atomic E-state index is -4.52. The van der Waals surface area contributed by atoms with Gasteiger partial charge in [0.1, 0.15) is 24.1 Å². The molecule has 4 aromatic rings. The maximum absolute atomic E-state index is 13.4. The van der Waals surface area contributed by atoms with Crippen molar-refractivity contribution in [1.29, 1.82) is 0 Å². The van der Waals surface area contributed by atoms with Crippen molar-refractivity contribution in [3.63, 3.8) is 0 Å². The van der Waals surface area contributed by atoms with Gasteiger partial charge in [-0.15, -0.1) is 0 Å². The molecule has 0 radical (unpaired) electrons. The van der Waals surface area contributed by atoms with Crippen molar-refractivity contribution in [2.24, 2.45) is 0 Å². The molecular weight excluding hydrogens is 533 g/mol. The molecular formula is C26H27F3N6O3S. The highest BCUT2D eigenvalue weighted by atomic mass is 32.2. The lowest BCUT2D eigenvalue weighted by molar-refractivity contribution is -0.136. The van der Waals surface area contributed by atoms with Gasteiger partial charge < -0.3 is 9.73 Å². The summed E-state index contributed by atoms with van der Waals surface area (Å²) in [6, 6.07) is 10.3. The summed E-state index contributed by atoms with van der Waals surface area (Å²) >= 11 is 0. The fraction of sp³-hybridized carbons (Fsp3) is 0.346. The molecule has 3 heterocycles. The Morgan fingerprint density at radius 2 is 1.77 bits per heavy atom. The van der Waals surface area contributed by atoms with Crippen LogP contribution in [0.15, 0.2) is 64.4 Å². The molecule has 1 N–H and O–H groups in total. The van der Waals surface area contributed by atoms with Crippen LogP contribution in [0.1, 0.15) is 18.4 Å². The number of benzene rings is 2. The second-order valence-corrected chi connectivity index (χ2v) is 11.4. The Bertz CT molecular complexity index is 1570. The number of halogens is 3. The quantitative estimate of drug-likeness (QED) is 0.354. The highest BCUT2D eigenvalue weighted by Crippen LogP contribution is 2.35. The summed E-state index contributed by atoms with van der Waals surface area (Å²) in [7, 11) is -3.66. The smallest absolute Gasteiger partial charge is 0.418 e. The standard InChI is InChI=1S/C26H27F3N6O3S/c1-17(32-25-21-4-3-5-22(26(27,28)29)24(21)30-16-31-25)14-34-10-12-35(13-11-34)39(36,37)20-8-6-19(7-9-20)23-15-38-18(2)33-23/h3-9,15-17H,10-14H2,1-2H3,(H,30,31,32). The van der Waals surface area contributed by atoms with Crippen LogP contribution in [0.25, 0.3) is 22.2 Å². The summed E-state index contributed by atoms with van der Waals surface area (Å²) in [5.41, 5.74) is 0.447. The zero-order chi connectivity index (χ0) is 27.8. The van der Waals surface area contributed by atoms with E-state index in [-0.39, 0.29) is 16.5 Å². The van der Waals surface area contributed by atoms with Crippen molar-refractivity contribution < 1.29 is 26.0 Å². The van der Waals surface area contributed by atoms with Crippen LogP contribution in [0, 0.1) is 6.92 Å². The molecule has 206 valence electrons. The zero-order valence-electron chi connectivity index (χ0n) is 21.3. The zero-order valence-corrected chi connectivity index (χ0v) is 22.1. The molecule has 2 aromatic heterocycles. The number of nitrogens with zero attached hydrogens (tertiary/aromatic N) is 5. The molecule has 2 aromatic carbocycles. The number of piperazine rings is 1. The van der Waals surface area contributed by atoms with Gasteiger partial charge in [-0.3, -0.25) is 4.90 Å². The lowest BCUT2D eigenvalue weighted by Gasteiger charge is -2.35. The Hall–Kier alpha value is -3.55. The van der Waals surface area contributed by atoms with Gasteiger partial charge in [0.2, 0.25) is 10.0 Å². The summed E-state index contributed by atoms with van der Waals surface area (Å²) < 4.78 is 73.3. The predicted molar refractivity (Wildman–Crippen MR) is 139 cm³/mol. The first-order chi connectivity index (χ1) is 18.5. The molecule has 9 nitrogen and oxygen atoms in total. The van der Waals surface area contributed by atoms with Crippen LogP contribution in [0.3, 0.4) is 0 Å². The van der Waals surface area contributed by atoms with Gasteiger partial charge in [0, 0.05) is 56.6 Å². The summed E-state index contributed by atoms with van der Waals surface area (Å²) in [5.74, 6) is 0.856. The van der Waals surface area contributed by atoms with Crippen LogP contribution in [-0.2, 0) is 16.2 Å². The molecule has 0 amide bonds. The minimum Gasteiger partial charge on any atom is -0.449 e. The van der Waals surface area contributed by atoms with Gasteiger partial charge in [0.25, 0.3) is 0 Å². The number of para-hydroxylation sites is 1. The fourth-order valence-corrected chi connectivity index (χ4v) is 6.12. The van der Waals surface area contributed by atoms with Crippen LogP contribution < -0.4 is 5.32 Å². The van der Waals surface area contributed by atoms with Gasteiger partial charge in [-0.25, -0.2) is 23.4 Å². The van der Waals surface area contributed by atoms with E-state index in [2.05, 4.69) is 25.2 Å². The number of sulfonamides is 1. The number of nitrogens with one attached hydrogen (secondary N) is 1. The molecule has 0 aliphatic carbocycles. The summed E-state index contributed by atoms with van der Waals surface area (Å²) in [4.78, 5) is 14.6. The van der Waals surface area contributed by atoms with Crippen molar-refractivity contribution >= 4 is 26.7 Å². The average molecular weight is 561 g/mol. The molecule has 0 saturated carbocycles. The predicted octanol–water partition coefficient (Wildman–Crippen LogP) is 4.42. The van der Waals surface area contributed by atoms with Gasteiger partial charge in [-0.05, 0) is 31.2 Å². The van der Waals surface area contributed by atoms with Crippen molar-refractivity contribution in [2.45, 2.75) is 31.0 Å². The number of hydrogen-bond acceptors (Lipinski definition) is 8. The normalized spacial score (nSPS) is 16.4. The van der Waals surface area contributed by atoms with Crippen molar-refractivity contribution in [2.75, 3.05) is 38.0 Å². The third kappa shape index (κ3) is 5.75. The Kier molecular flexibility index (Phi) is 7.31. The molecule has 1 aliphatic rings. The molecule has 13 heteroatoms. The second-order valence-electron chi connectivity index (χ2n) is 9.45. The summed E-state index contributed by atoms with van der Waals surface area (Å²) in [6.45, 7) is 5.89. The Morgan fingerprint density at radius 1 is 1.05 bits per heavy atom. The summed E-state index contributed by atoms with van der Waals surface area (Å²) in [6.07, 6.45) is -1.87. The van der Waals surface area contributed by atoms with E-state index in [4.69, 9.17) is 4.42 Å². The molecule has 1 unspecified atom stereocenters.